The van der Waals surface area contributed by atoms with Crippen LogP contribution in [0.1, 0.15) is 43.0 Å². The fraction of sp³-hybridized carbons (Fsp3) is 0.429. The van der Waals surface area contributed by atoms with Crippen molar-refractivity contribution in [2.24, 2.45) is 5.73 Å². The standard InChI is InChI=1S/C14H16FN3O/c15-11-6-2-1-5-10(11)9-12-17-13(19-18-12)14(16)7-3-4-8-14/h1-2,5-6H,3-4,7-9,16H2. The van der Waals surface area contributed by atoms with Crippen LogP contribution in [0.2, 0.25) is 0 Å². The lowest BCUT2D eigenvalue weighted by Gasteiger charge is -2.17. The summed E-state index contributed by atoms with van der Waals surface area (Å²) in [5.41, 5.74) is 6.32. The van der Waals surface area contributed by atoms with Crippen molar-refractivity contribution in [3.05, 3.63) is 47.4 Å². The van der Waals surface area contributed by atoms with Crippen LogP contribution in [0.25, 0.3) is 0 Å². The molecule has 0 bridgehead atoms. The van der Waals surface area contributed by atoms with Crippen LogP contribution in [0.3, 0.4) is 0 Å². The van der Waals surface area contributed by atoms with Crippen molar-refractivity contribution in [1.29, 1.82) is 0 Å². The average molecular weight is 261 g/mol. The Hall–Kier alpha value is -1.75. The number of rotatable bonds is 3. The van der Waals surface area contributed by atoms with Crippen LogP contribution < -0.4 is 5.73 Å². The highest BCUT2D eigenvalue weighted by atomic mass is 19.1. The summed E-state index contributed by atoms with van der Waals surface area (Å²) in [5, 5.41) is 3.91. The van der Waals surface area contributed by atoms with Crippen molar-refractivity contribution in [1.82, 2.24) is 10.1 Å². The highest BCUT2D eigenvalue weighted by molar-refractivity contribution is 5.21. The molecule has 19 heavy (non-hydrogen) atoms. The third-order valence-electron chi connectivity index (χ3n) is 3.70. The van der Waals surface area contributed by atoms with Crippen LogP contribution in [0.5, 0.6) is 0 Å². The van der Waals surface area contributed by atoms with Crippen molar-refractivity contribution < 1.29 is 8.91 Å². The Bertz CT molecular complexity index is 576. The van der Waals surface area contributed by atoms with Crippen LogP contribution >= 0.6 is 0 Å². The molecule has 100 valence electrons. The molecule has 1 aliphatic rings. The third kappa shape index (κ3) is 2.38. The van der Waals surface area contributed by atoms with Crippen LogP contribution in [0, 0.1) is 5.82 Å². The molecule has 4 nitrogen and oxygen atoms in total. The van der Waals surface area contributed by atoms with E-state index in [1.54, 1.807) is 18.2 Å². The van der Waals surface area contributed by atoms with E-state index in [0.29, 0.717) is 23.7 Å². The lowest BCUT2D eigenvalue weighted by atomic mass is 9.99. The van der Waals surface area contributed by atoms with Gasteiger partial charge in [-0.2, -0.15) is 4.98 Å². The van der Waals surface area contributed by atoms with Gasteiger partial charge in [-0.05, 0) is 24.5 Å². The first-order valence-electron chi connectivity index (χ1n) is 6.53. The SMILES string of the molecule is NC1(c2nc(Cc3ccccc3F)no2)CCCC1. The van der Waals surface area contributed by atoms with E-state index in [0.717, 1.165) is 25.7 Å². The maximum atomic E-state index is 13.5. The van der Waals surface area contributed by atoms with Crippen LogP contribution in [-0.4, -0.2) is 10.1 Å². The topological polar surface area (TPSA) is 64.9 Å². The molecular weight excluding hydrogens is 245 g/mol. The highest BCUT2D eigenvalue weighted by Crippen LogP contribution is 2.35. The lowest BCUT2D eigenvalue weighted by molar-refractivity contribution is 0.284. The van der Waals surface area contributed by atoms with Gasteiger partial charge in [0.1, 0.15) is 5.82 Å². The van der Waals surface area contributed by atoms with Crippen molar-refractivity contribution in [3.63, 3.8) is 0 Å². The molecule has 1 fully saturated rings. The summed E-state index contributed by atoms with van der Waals surface area (Å²) < 4.78 is 18.8. The number of nitrogens with two attached hydrogens (primary N) is 1. The van der Waals surface area contributed by atoms with Gasteiger partial charge < -0.3 is 10.3 Å². The number of hydrogen-bond donors (Lipinski definition) is 1. The Balaban J connectivity index is 1.80. The molecule has 0 spiro atoms. The second kappa shape index (κ2) is 4.74. The number of halogens is 1. The summed E-state index contributed by atoms with van der Waals surface area (Å²) >= 11 is 0. The van der Waals surface area contributed by atoms with Crippen molar-refractivity contribution in [2.45, 2.75) is 37.6 Å². The van der Waals surface area contributed by atoms with Crippen LogP contribution in [-0.2, 0) is 12.0 Å². The molecule has 1 aromatic carbocycles. The predicted molar refractivity (Wildman–Crippen MR) is 67.8 cm³/mol. The molecule has 0 aliphatic heterocycles. The van der Waals surface area contributed by atoms with E-state index in [2.05, 4.69) is 10.1 Å². The minimum absolute atomic E-state index is 0.253. The Kier molecular flexibility index (Phi) is 3.06. The highest BCUT2D eigenvalue weighted by Gasteiger charge is 2.36. The fourth-order valence-corrected chi connectivity index (χ4v) is 2.56. The van der Waals surface area contributed by atoms with Gasteiger partial charge in [-0.3, -0.25) is 0 Å². The zero-order valence-electron chi connectivity index (χ0n) is 10.6. The van der Waals surface area contributed by atoms with Crippen LogP contribution in [0.4, 0.5) is 4.39 Å². The van der Waals surface area contributed by atoms with E-state index < -0.39 is 5.54 Å². The molecule has 1 aliphatic carbocycles. The van der Waals surface area contributed by atoms with E-state index in [9.17, 15) is 4.39 Å². The molecule has 1 saturated carbocycles. The van der Waals surface area contributed by atoms with Gasteiger partial charge in [0.05, 0.1) is 5.54 Å². The van der Waals surface area contributed by atoms with Crippen molar-refractivity contribution >= 4 is 0 Å². The molecule has 5 heteroatoms. The Morgan fingerprint density at radius 1 is 1.26 bits per heavy atom. The second-order valence-electron chi connectivity index (χ2n) is 5.15. The van der Waals surface area contributed by atoms with E-state index in [1.165, 1.54) is 6.07 Å². The van der Waals surface area contributed by atoms with Crippen LogP contribution in [0.15, 0.2) is 28.8 Å². The molecule has 0 saturated heterocycles. The van der Waals surface area contributed by atoms with Gasteiger partial charge >= 0.3 is 0 Å². The van der Waals surface area contributed by atoms with Crippen molar-refractivity contribution in [2.75, 3.05) is 0 Å². The molecule has 0 radical (unpaired) electrons. The van der Waals surface area contributed by atoms with E-state index in [1.807, 2.05) is 0 Å². The molecule has 1 aromatic heterocycles. The van der Waals surface area contributed by atoms with Gasteiger partial charge in [0.2, 0.25) is 5.89 Å². The normalized spacial score (nSPS) is 17.8. The molecule has 2 aromatic rings. The van der Waals surface area contributed by atoms with Gasteiger partial charge in [0, 0.05) is 6.42 Å². The molecular formula is C14H16FN3O. The number of benzene rings is 1. The summed E-state index contributed by atoms with van der Waals surface area (Å²) in [4.78, 5) is 4.33. The van der Waals surface area contributed by atoms with Gasteiger partial charge in [0.15, 0.2) is 5.82 Å². The van der Waals surface area contributed by atoms with Gasteiger partial charge in [-0.25, -0.2) is 4.39 Å². The fourth-order valence-electron chi connectivity index (χ4n) is 2.56. The van der Waals surface area contributed by atoms with E-state index in [-0.39, 0.29) is 5.82 Å². The summed E-state index contributed by atoms with van der Waals surface area (Å²) in [7, 11) is 0. The lowest BCUT2D eigenvalue weighted by Crippen LogP contribution is -2.33. The third-order valence-corrected chi connectivity index (χ3v) is 3.70. The zero-order chi connectivity index (χ0) is 13.3. The molecule has 0 atom stereocenters. The number of aromatic nitrogens is 2. The monoisotopic (exact) mass is 261 g/mol. The second-order valence-corrected chi connectivity index (χ2v) is 5.15. The van der Waals surface area contributed by atoms with E-state index in [4.69, 9.17) is 10.3 Å². The number of nitrogens with zero attached hydrogens (tertiary/aromatic N) is 2. The number of hydrogen-bond acceptors (Lipinski definition) is 4. The minimum atomic E-state index is -0.486. The largest absolute Gasteiger partial charge is 0.337 e. The van der Waals surface area contributed by atoms with E-state index >= 15 is 0 Å². The summed E-state index contributed by atoms with van der Waals surface area (Å²) in [5.74, 6) is 0.713. The Morgan fingerprint density at radius 3 is 2.74 bits per heavy atom. The smallest absolute Gasteiger partial charge is 0.246 e. The molecule has 3 rings (SSSR count). The first-order valence-corrected chi connectivity index (χ1v) is 6.53. The average Bonchev–Trinajstić information content (AvgIpc) is 3.02. The first kappa shape index (κ1) is 12.3. The summed E-state index contributed by atoms with van der Waals surface area (Å²) in [6.45, 7) is 0. The molecule has 0 unspecified atom stereocenters. The maximum Gasteiger partial charge on any atom is 0.246 e. The zero-order valence-corrected chi connectivity index (χ0v) is 10.6. The van der Waals surface area contributed by atoms with Gasteiger partial charge in [-0.15, -0.1) is 0 Å². The van der Waals surface area contributed by atoms with Gasteiger partial charge in [-0.1, -0.05) is 36.2 Å². The maximum absolute atomic E-state index is 13.5. The molecule has 2 N–H and O–H groups in total. The van der Waals surface area contributed by atoms with Gasteiger partial charge in [0.25, 0.3) is 0 Å². The molecule has 1 heterocycles. The first-order chi connectivity index (χ1) is 9.17. The van der Waals surface area contributed by atoms with Crippen molar-refractivity contribution in [3.8, 4) is 0 Å². The predicted octanol–water partition coefficient (Wildman–Crippen LogP) is 2.53. The molecule has 0 amide bonds. The summed E-state index contributed by atoms with van der Waals surface area (Å²) in [6.07, 6.45) is 4.23. The summed E-state index contributed by atoms with van der Waals surface area (Å²) in [6, 6.07) is 6.60. The quantitative estimate of drug-likeness (QED) is 0.922. The minimum Gasteiger partial charge on any atom is -0.337 e. The Morgan fingerprint density at radius 2 is 2.00 bits per heavy atom. The Labute approximate surface area is 110 Å².